The molecule has 0 saturated carbocycles. The lowest BCUT2D eigenvalue weighted by Crippen LogP contribution is -2.15. The van der Waals surface area contributed by atoms with Crippen molar-refractivity contribution < 1.29 is 4.74 Å². The van der Waals surface area contributed by atoms with Gasteiger partial charge in [-0.1, -0.05) is 49.4 Å². The smallest absolute Gasteiger partial charge is 0.279 e. The molecule has 0 aliphatic rings. The van der Waals surface area contributed by atoms with E-state index in [1.165, 1.54) is 0 Å². The van der Waals surface area contributed by atoms with Crippen molar-refractivity contribution in [3.05, 3.63) is 70.5 Å². The highest BCUT2D eigenvalue weighted by atomic mass is 16.5. The van der Waals surface area contributed by atoms with E-state index in [1.807, 2.05) is 42.5 Å². The molecule has 0 saturated heterocycles. The van der Waals surface area contributed by atoms with Gasteiger partial charge in [0.1, 0.15) is 5.75 Å². The molecule has 1 aromatic heterocycles. The van der Waals surface area contributed by atoms with E-state index < -0.39 is 0 Å². The summed E-state index contributed by atoms with van der Waals surface area (Å²) in [5.41, 5.74) is 4.18. The van der Waals surface area contributed by atoms with Crippen LogP contribution in [0.3, 0.4) is 0 Å². The molecule has 0 spiro atoms. The van der Waals surface area contributed by atoms with Gasteiger partial charge in [0.2, 0.25) is 5.95 Å². The molecule has 0 aliphatic heterocycles. The lowest BCUT2D eigenvalue weighted by molar-refractivity contribution is 0.317. The standard InChI is InChI=1S/C19H19N5O2/c1-2-11-26-16-10-6-7-14(12-16)13-20-23-19-21-18(25)17(22-24-19)15-8-4-3-5-9-15/h3-10,12-13H,2,11H2,1H3,(H2,21,23,24,25)/b20-13+. The summed E-state index contributed by atoms with van der Waals surface area (Å²) in [5, 5.41) is 12.0. The molecule has 0 unspecified atom stereocenters. The van der Waals surface area contributed by atoms with Crippen LogP contribution in [0.4, 0.5) is 5.95 Å². The van der Waals surface area contributed by atoms with Crippen LogP contribution in [-0.4, -0.2) is 28.0 Å². The molecule has 0 bridgehead atoms. The second-order valence-corrected chi connectivity index (χ2v) is 5.51. The Morgan fingerprint density at radius 3 is 2.77 bits per heavy atom. The van der Waals surface area contributed by atoms with E-state index in [0.717, 1.165) is 17.7 Å². The molecule has 0 atom stereocenters. The maximum Gasteiger partial charge on any atom is 0.279 e. The minimum atomic E-state index is -0.334. The molecule has 132 valence electrons. The summed E-state index contributed by atoms with van der Waals surface area (Å²) in [4.78, 5) is 14.8. The number of aromatic amines is 1. The van der Waals surface area contributed by atoms with E-state index in [4.69, 9.17) is 4.74 Å². The van der Waals surface area contributed by atoms with Crippen molar-refractivity contribution in [2.75, 3.05) is 12.0 Å². The van der Waals surface area contributed by atoms with Gasteiger partial charge in [-0.25, -0.2) is 5.43 Å². The van der Waals surface area contributed by atoms with Crippen LogP contribution in [0, 0.1) is 0 Å². The van der Waals surface area contributed by atoms with Crippen molar-refractivity contribution in [1.29, 1.82) is 0 Å². The minimum absolute atomic E-state index is 0.171. The van der Waals surface area contributed by atoms with Gasteiger partial charge in [0, 0.05) is 5.56 Å². The number of nitrogens with one attached hydrogen (secondary N) is 2. The zero-order chi connectivity index (χ0) is 18.2. The largest absolute Gasteiger partial charge is 0.494 e. The molecule has 1 heterocycles. The van der Waals surface area contributed by atoms with Crippen molar-refractivity contribution in [3.8, 4) is 17.0 Å². The van der Waals surface area contributed by atoms with Gasteiger partial charge in [-0.15, -0.1) is 10.2 Å². The average molecular weight is 349 g/mol. The molecular weight excluding hydrogens is 330 g/mol. The zero-order valence-corrected chi connectivity index (χ0v) is 14.3. The molecule has 2 N–H and O–H groups in total. The number of anilines is 1. The number of H-pyrrole nitrogens is 1. The van der Waals surface area contributed by atoms with Crippen LogP contribution in [-0.2, 0) is 0 Å². The van der Waals surface area contributed by atoms with Crippen molar-refractivity contribution in [3.63, 3.8) is 0 Å². The van der Waals surface area contributed by atoms with Crippen LogP contribution < -0.4 is 15.7 Å². The summed E-state index contributed by atoms with van der Waals surface area (Å²) in [6.07, 6.45) is 2.56. The molecule has 0 radical (unpaired) electrons. The fourth-order valence-electron chi connectivity index (χ4n) is 2.24. The summed E-state index contributed by atoms with van der Waals surface area (Å²) in [7, 11) is 0. The number of hydrogen-bond acceptors (Lipinski definition) is 6. The van der Waals surface area contributed by atoms with E-state index in [1.54, 1.807) is 18.3 Å². The van der Waals surface area contributed by atoms with Crippen LogP contribution in [0.15, 0.2) is 64.5 Å². The highest BCUT2D eigenvalue weighted by molar-refractivity contribution is 5.80. The van der Waals surface area contributed by atoms with Gasteiger partial charge in [-0.05, 0) is 24.1 Å². The van der Waals surface area contributed by atoms with Gasteiger partial charge in [0.05, 0.1) is 12.8 Å². The molecule has 7 heteroatoms. The fraction of sp³-hybridized carbons (Fsp3) is 0.158. The highest BCUT2D eigenvalue weighted by Crippen LogP contribution is 2.13. The zero-order valence-electron chi connectivity index (χ0n) is 14.3. The van der Waals surface area contributed by atoms with Crippen molar-refractivity contribution in [2.24, 2.45) is 5.10 Å². The Morgan fingerprint density at radius 1 is 1.15 bits per heavy atom. The second kappa shape index (κ2) is 8.57. The predicted molar refractivity (Wildman–Crippen MR) is 102 cm³/mol. The Balaban J connectivity index is 1.67. The summed E-state index contributed by atoms with van der Waals surface area (Å²) in [6.45, 7) is 2.73. The molecule has 3 aromatic rings. The lowest BCUT2D eigenvalue weighted by atomic mass is 10.2. The number of ether oxygens (including phenoxy) is 1. The van der Waals surface area contributed by atoms with Gasteiger partial charge >= 0.3 is 0 Å². The molecule has 2 aromatic carbocycles. The molecule has 7 nitrogen and oxygen atoms in total. The normalized spacial score (nSPS) is 10.8. The van der Waals surface area contributed by atoms with E-state index in [0.29, 0.717) is 12.2 Å². The summed E-state index contributed by atoms with van der Waals surface area (Å²) in [5.74, 6) is 0.959. The monoisotopic (exact) mass is 349 g/mol. The molecule has 0 aliphatic carbocycles. The number of nitrogens with zero attached hydrogens (tertiary/aromatic N) is 3. The van der Waals surface area contributed by atoms with Gasteiger partial charge < -0.3 is 4.74 Å². The van der Waals surface area contributed by atoms with E-state index in [-0.39, 0.29) is 17.2 Å². The third-order valence-electron chi connectivity index (χ3n) is 3.46. The van der Waals surface area contributed by atoms with E-state index in [9.17, 15) is 4.79 Å². The Labute approximate surface area is 150 Å². The quantitative estimate of drug-likeness (QED) is 0.505. The SMILES string of the molecule is CCCOc1cccc(/C=N/Nc2nnc(-c3ccccc3)c(=O)[nH]2)c1. The number of rotatable bonds is 7. The van der Waals surface area contributed by atoms with E-state index in [2.05, 4.69) is 32.6 Å². The average Bonchev–Trinajstić information content (AvgIpc) is 2.67. The maximum absolute atomic E-state index is 12.2. The van der Waals surface area contributed by atoms with Crippen LogP contribution >= 0.6 is 0 Å². The van der Waals surface area contributed by atoms with Gasteiger partial charge in [0.25, 0.3) is 5.56 Å². The van der Waals surface area contributed by atoms with Crippen molar-refractivity contribution >= 4 is 12.2 Å². The minimum Gasteiger partial charge on any atom is -0.494 e. The molecule has 0 fully saturated rings. The first-order valence-electron chi connectivity index (χ1n) is 8.30. The first kappa shape index (κ1) is 17.3. The summed E-state index contributed by atoms with van der Waals surface area (Å²) >= 11 is 0. The molecular formula is C19H19N5O2. The van der Waals surface area contributed by atoms with Crippen LogP contribution in [0.2, 0.25) is 0 Å². The van der Waals surface area contributed by atoms with Crippen LogP contribution in [0.5, 0.6) is 5.75 Å². The van der Waals surface area contributed by atoms with Gasteiger partial charge in [-0.2, -0.15) is 5.10 Å². The first-order chi connectivity index (χ1) is 12.8. The number of hydrogen-bond donors (Lipinski definition) is 2. The molecule has 26 heavy (non-hydrogen) atoms. The third-order valence-corrected chi connectivity index (χ3v) is 3.46. The van der Waals surface area contributed by atoms with Crippen molar-refractivity contribution in [1.82, 2.24) is 15.2 Å². The summed E-state index contributed by atoms with van der Waals surface area (Å²) < 4.78 is 5.58. The lowest BCUT2D eigenvalue weighted by Gasteiger charge is -2.04. The summed E-state index contributed by atoms with van der Waals surface area (Å²) in [6, 6.07) is 16.7. The number of benzene rings is 2. The first-order valence-corrected chi connectivity index (χ1v) is 8.30. The third kappa shape index (κ3) is 4.54. The molecule has 0 amide bonds. The Kier molecular flexibility index (Phi) is 5.72. The fourth-order valence-corrected chi connectivity index (χ4v) is 2.24. The Hall–Kier alpha value is -3.48. The highest BCUT2D eigenvalue weighted by Gasteiger charge is 2.06. The molecule has 3 rings (SSSR count). The van der Waals surface area contributed by atoms with Crippen molar-refractivity contribution in [2.45, 2.75) is 13.3 Å². The van der Waals surface area contributed by atoms with E-state index >= 15 is 0 Å². The second-order valence-electron chi connectivity index (χ2n) is 5.51. The topological polar surface area (TPSA) is 92.3 Å². The Morgan fingerprint density at radius 2 is 2.00 bits per heavy atom. The maximum atomic E-state index is 12.2. The van der Waals surface area contributed by atoms with Crippen LogP contribution in [0.1, 0.15) is 18.9 Å². The van der Waals surface area contributed by atoms with Gasteiger partial charge in [-0.3, -0.25) is 9.78 Å². The number of hydrazone groups is 1. The number of aromatic nitrogens is 3. The predicted octanol–water partition coefficient (Wildman–Crippen LogP) is 3.07. The van der Waals surface area contributed by atoms with Crippen LogP contribution in [0.25, 0.3) is 11.3 Å². The Bertz CT molecular complexity index is 938. The van der Waals surface area contributed by atoms with Gasteiger partial charge in [0.15, 0.2) is 5.69 Å².